The molecule has 3 aromatic rings. The van der Waals surface area contributed by atoms with Crippen LogP contribution < -0.4 is 14.4 Å². The maximum Gasteiger partial charge on any atom is 0.271 e. The molecule has 164 valence electrons. The topological polar surface area (TPSA) is 119 Å². The van der Waals surface area contributed by atoms with Crippen LogP contribution in [0.5, 0.6) is 5.75 Å². The van der Waals surface area contributed by atoms with Gasteiger partial charge in [-0.25, -0.2) is 8.42 Å². The minimum Gasteiger partial charge on any atom is -0.476 e. The lowest BCUT2D eigenvalue weighted by molar-refractivity contribution is -0.384. The lowest BCUT2D eigenvalue weighted by Crippen LogP contribution is -2.48. The lowest BCUT2D eigenvalue weighted by atomic mass is 10.2. The number of carbonyl (C=O) groups is 1. The number of rotatable bonds is 5. The van der Waals surface area contributed by atoms with Gasteiger partial charge in [0.2, 0.25) is 0 Å². The minimum atomic E-state index is -4.02. The molecule has 9 nitrogen and oxygen atoms in total. The van der Waals surface area contributed by atoms with E-state index in [1.807, 2.05) is 0 Å². The molecule has 0 saturated heterocycles. The summed E-state index contributed by atoms with van der Waals surface area (Å²) < 4.78 is 33.5. The Labute approximate surface area is 188 Å². The number of benzene rings is 3. The Kier molecular flexibility index (Phi) is 5.72. The number of hydrogen-bond acceptors (Lipinski definition) is 6. The molecule has 0 bridgehead atoms. The number of non-ortho nitro benzene ring substituents is 1. The number of carbonyl (C=O) groups excluding carboxylic acids is 1. The first-order valence-corrected chi connectivity index (χ1v) is 11.2. The molecule has 1 aliphatic rings. The van der Waals surface area contributed by atoms with Gasteiger partial charge in [-0.15, -0.1) is 0 Å². The highest BCUT2D eigenvalue weighted by Crippen LogP contribution is 2.37. The molecule has 3 aromatic carbocycles. The standard InChI is InChI=1S/C21H16ClN3O6S/c22-14-8-10-17(11-9-14)32(29,30)24-13-20(31-19-7-2-1-6-18(19)24)21(26)23-15-4-3-5-16(12-15)25(27)28/h1-12,20H,13H2,(H,23,26)/t20-/m0/s1. The monoisotopic (exact) mass is 473 g/mol. The largest absolute Gasteiger partial charge is 0.476 e. The zero-order chi connectivity index (χ0) is 22.9. The van der Waals surface area contributed by atoms with Gasteiger partial charge in [-0.3, -0.25) is 19.2 Å². The molecule has 1 atom stereocenters. The zero-order valence-corrected chi connectivity index (χ0v) is 17.9. The molecule has 1 aliphatic heterocycles. The van der Waals surface area contributed by atoms with Gasteiger partial charge in [-0.05, 0) is 42.5 Å². The number of amides is 1. The number of anilines is 2. The van der Waals surface area contributed by atoms with Crippen molar-refractivity contribution in [2.45, 2.75) is 11.0 Å². The van der Waals surface area contributed by atoms with E-state index >= 15 is 0 Å². The molecule has 1 amide bonds. The molecule has 11 heteroatoms. The normalized spacial score (nSPS) is 15.4. The summed E-state index contributed by atoms with van der Waals surface area (Å²) >= 11 is 5.88. The van der Waals surface area contributed by atoms with Crippen LogP contribution in [0.4, 0.5) is 17.1 Å². The van der Waals surface area contributed by atoms with Gasteiger partial charge in [0.15, 0.2) is 6.10 Å². The average molecular weight is 474 g/mol. The Hall–Kier alpha value is -3.63. The highest BCUT2D eigenvalue weighted by molar-refractivity contribution is 7.92. The molecule has 0 fully saturated rings. The fraction of sp³-hybridized carbons (Fsp3) is 0.0952. The number of sulfonamides is 1. The van der Waals surface area contributed by atoms with Crippen LogP contribution in [-0.2, 0) is 14.8 Å². The zero-order valence-electron chi connectivity index (χ0n) is 16.3. The fourth-order valence-corrected chi connectivity index (χ4v) is 4.82. The van der Waals surface area contributed by atoms with Gasteiger partial charge in [-0.2, -0.15) is 0 Å². The van der Waals surface area contributed by atoms with Crippen LogP contribution in [0, 0.1) is 10.1 Å². The third-order valence-corrected chi connectivity index (χ3v) is 6.80. The van der Waals surface area contributed by atoms with Crippen molar-refractivity contribution in [1.29, 1.82) is 0 Å². The molecule has 32 heavy (non-hydrogen) atoms. The van der Waals surface area contributed by atoms with Crippen LogP contribution in [0.1, 0.15) is 0 Å². The van der Waals surface area contributed by atoms with Crippen molar-refractivity contribution in [3.8, 4) is 5.75 Å². The maximum absolute atomic E-state index is 13.3. The maximum atomic E-state index is 13.3. The van der Waals surface area contributed by atoms with E-state index < -0.39 is 27.0 Å². The molecule has 0 saturated carbocycles. The van der Waals surface area contributed by atoms with E-state index in [9.17, 15) is 23.3 Å². The first-order chi connectivity index (χ1) is 15.3. The second kappa shape index (κ2) is 8.48. The van der Waals surface area contributed by atoms with Gasteiger partial charge >= 0.3 is 0 Å². The Morgan fingerprint density at radius 2 is 1.81 bits per heavy atom. The molecule has 0 spiro atoms. The summed E-state index contributed by atoms with van der Waals surface area (Å²) in [6.45, 7) is -0.289. The summed E-state index contributed by atoms with van der Waals surface area (Å²) in [6, 6.07) is 17.6. The van der Waals surface area contributed by atoms with Crippen molar-refractivity contribution in [1.82, 2.24) is 0 Å². The van der Waals surface area contributed by atoms with Crippen LogP contribution in [0.2, 0.25) is 5.02 Å². The number of nitrogens with one attached hydrogen (secondary N) is 1. The summed E-state index contributed by atoms with van der Waals surface area (Å²) in [4.78, 5) is 23.3. The second-order valence-electron chi connectivity index (χ2n) is 6.86. The lowest BCUT2D eigenvalue weighted by Gasteiger charge is -2.34. The van der Waals surface area contributed by atoms with Crippen LogP contribution >= 0.6 is 11.6 Å². The molecule has 1 heterocycles. The second-order valence-corrected chi connectivity index (χ2v) is 9.16. The molecule has 0 radical (unpaired) electrons. The predicted octanol–water partition coefficient (Wildman–Crippen LogP) is 3.84. The van der Waals surface area contributed by atoms with E-state index in [-0.39, 0.29) is 28.6 Å². The Morgan fingerprint density at radius 3 is 2.53 bits per heavy atom. The fourth-order valence-electron chi connectivity index (χ4n) is 3.22. The van der Waals surface area contributed by atoms with E-state index in [4.69, 9.17) is 16.3 Å². The predicted molar refractivity (Wildman–Crippen MR) is 119 cm³/mol. The molecule has 0 aromatic heterocycles. The van der Waals surface area contributed by atoms with Gasteiger partial charge in [0.25, 0.3) is 21.6 Å². The van der Waals surface area contributed by atoms with Crippen molar-refractivity contribution in [3.63, 3.8) is 0 Å². The quantitative estimate of drug-likeness (QED) is 0.444. The third-order valence-electron chi connectivity index (χ3n) is 4.75. The van der Waals surface area contributed by atoms with Crippen molar-refractivity contribution in [2.24, 2.45) is 0 Å². The molecular weight excluding hydrogens is 458 g/mol. The van der Waals surface area contributed by atoms with Crippen molar-refractivity contribution >= 4 is 44.6 Å². The van der Waals surface area contributed by atoms with Crippen molar-refractivity contribution in [2.75, 3.05) is 16.2 Å². The number of para-hydroxylation sites is 2. The van der Waals surface area contributed by atoms with Crippen LogP contribution in [0.25, 0.3) is 0 Å². The summed E-state index contributed by atoms with van der Waals surface area (Å²) in [5, 5.41) is 13.9. The SMILES string of the molecule is O=C(Nc1cccc([N+](=O)[O-])c1)[C@@H]1CN(S(=O)(=O)c2ccc(Cl)cc2)c2ccccc2O1. The van der Waals surface area contributed by atoms with E-state index in [1.54, 1.807) is 24.3 Å². The summed E-state index contributed by atoms with van der Waals surface area (Å²) in [5.41, 5.74) is 0.297. The molecule has 4 rings (SSSR count). The van der Waals surface area contributed by atoms with Crippen LogP contribution in [0.3, 0.4) is 0 Å². The number of fused-ring (bicyclic) bond motifs is 1. The Balaban J connectivity index is 1.65. The van der Waals surface area contributed by atoms with E-state index in [1.165, 1.54) is 48.5 Å². The molecule has 1 N–H and O–H groups in total. The van der Waals surface area contributed by atoms with Crippen LogP contribution in [-0.4, -0.2) is 31.9 Å². The number of nitro groups is 1. The third kappa shape index (κ3) is 4.23. The first-order valence-electron chi connectivity index (χ1n) is 9.35. The van der Waals surface area contributed by atoms with E-state index in [0.29, 0.717) is 10.7 Å². The smallest absolute Gasteiger partial charge is 0.271 e. The molecule has 0 unspecified atom stereocenters. The van der Waals surface area contributed by atoms with Crippen LogP contribution in [0.15, 0.2) is 77.7 Å². The number of halogens is 1. The van der Waals surface area contributed by atoms with E-state index in [2.05, 4.69) is 5.32 Å². The number of ether oxygens (including phenoxy) is 1. The minimum absolute atomic E-state index is 0.0106. The average Bonchev–Trinajstić information content (AvgIpc) is 2.78. The van der Waals surface area contributed by atoms with Gasteiger partial charge in [0, 0.05) is 22.8 Å². The highest BCUT2D eigenvalue weighted by atomic mass is 35.5. The molecule has 0 aliphatic carbocycles. The van der Waals surface area contributed by atoms with Gasteiger partial charge in [-0.1, -0.05) is 29.8 Å². The Morgan fingerprint density at radius 1 is 1.09 bits per heavy atom. The van der Waals surface area contributed by atoms with E-state index in [0.717, 1.165) is 4.31 Å². The summed E-state index contributed by atoms with van der Waals surface area (Å²) in [6.07, 6.45) is -1.19. The number of nitro benzene ring substituents is 1. The number of nitrogens with zero attached hydrogens (tertiary/aromatic N) is 2. The highest BCUT2D eigenvalue weighted by Gasteiger charge is 2.37. The van der Waals surface area contributed by atoms with Gasteiger partial charge in [0.05, 0.1) is 22.1 Å². The summed E-state index contributed by atoms with van der Waals surface area (Å²) in [5.74, 6) is -0.424. The first kappa shape index (κ1) is 21.6. The molecular formula is C21H16ClN3O6S. The van der Waals surface area contributed by atoms with Gasteiger partial charge in [0.1, 0.15) is 5.75 Å². The number of hydrogen-bond donors (Lipinski definition) is 1. The summed E-state index contributed by atoms with van der Waals surface area (Å²) in [7, 11) is -4.02. The van der Waals surface area contributed by atoms with Crippen molar-refractivity contribution < 1.29 is 22.9 Å². The van der Waals surface area contributed by atoms with Gasteiger partial charge < -0.3 is 10.1 Å². The Bertz CT molecular complexity index is 1300. The van der Waals surface area contributed by atoms with Crippen molar-refractivity contribution in [3.05, 3.63) is 87.9 Å².